The van der Waals surface area contributed by atoms with Gasteiger partial charge >= 0.3 is 0 Å². The van der Waals surface area contributed by atoms with Crippen LogP contribution in [-0.4, -0.2) is 10.5 Å². The lowest BCUT2D eigenvalue weighted by Crippen LogP contribution is -2.45. The number of nitrogens with zero attached hydrogens (tertiary/aromatic N) is 3. The third-order valence-electron chi connectivity index (χ3n) is 4.21. The Bertz CT molecular complexity index is 604. The summed E-state index contributed by atoms with van der Waals surface area (Å²) in [6, 6.07) is 12.9. The SMILES string of the molecule is CC1(N2c3ccccc3CN2c2cccnc2)CC1. The number of benzene rings is 1. The van der Waals surface area contributed by atoms with E-state index in [1.54, 1.807) is 0 Å². The number of pyridine rings is 1. The monoisotopic (exact) mass is 251 g/mol. The molecular formula is C16H17N3. The molecule has 0 atom stereocenters. The number of rotatable bonds is 2. The summed E-state index contributed by atoms with van der Waals surface area (Å²) in [7, 11) is 0. The van der Waals surface area contributed by atoms with Gasteiger partial charge in [-0.3, -0.25) is 15.0 Å². The van der Waals surface area contributed by atoms with Gasteiger partial charge in [0.1, 0.15) is 0 Å². The van der Waals surface area contributed by atoms with Crippen molar-refractivity contribution in [3.05, 3.63) is 54.4 Å². The normalized spacial score (nSPS) is 19.4. The highest BCUT2D eigenvalue weighted by atomic mass is 15.7. The number of hydrogen-bond donors (Lipinski definition) is 0. The van der Waals surface area contributed by atoms with Crippen molar-refractivity contribution < 1.29 is 0 Å². The molecule has 0 saturated heterocycles. The first kappa shape index (κ1) is 10.9. The van der Waals surface area contributed by atoms with Crippen LogP contribution in [0.4, 0.5) is 11.4 Å². The molecule has 0 N–H and O–H groups in total. The maximum absolute atomic E-state index is 4.26. The van der Waals surface area contributed by atoms with E-state index < -0.39 is 0 Å². The maximum atomic E-state index is 4.26. The molecule has 1 aliphatic carbocycles. The van der Waals surface area contributed by atoms with Crippen LogP contribution in [0, 0.1) is 0 Å². The quantitative estimate of drug-likeness (QED) is 0.815. The van der Waals surface area contributed by atoms with E-state index in [4.69, 9.17) is 0 Å². The molecule has 1 aromatic heterocycles. The molecule has 2 aromatic rings. The molecule has 0 bridgehead atoms. The van der Waals surface area contributed by atoms with E-state index in [2.05, 4.69) is 52.3 Å². The van der Waals surface area contributed by atoms with Crippen LogP contribution in [0.25, 0.3) is 0 Å². The third kappa shape index (κ3) is 1.61. The number of hydrogen-bond acceptors (Lipinski definition) is 3. The van der Waals surface area contributed by atoms with E-state index >= 15 is 0 Å². The molecule has 2 aliphatic rings. The second kappa shape index (κ2) is 3.73. The molecule has 0 unspecified atom stereocenters. The molecule has 96 valence electrons. The van der Waals surface area contributed by atoms with Crippen molar-refractivity contribution in [1.82, 2.24) is 4.98 Å². The predicted molar refractivity (Wildman–Crippen MR) is 77.0 cm³/mol. The van der Waals surface area contributed by atoms with Crippen LogP contribution in [0.15, 0.2) is 48.8 Å². The largest absolute Gasteiger partial charge is 0.279 e. The minimum Gasteiger partial charge on any atom is -0.279 e. The molecule has 1 fully saturated rings. The number of fused-ring (bicyclic) bond motifs is 1. The van der Waals surface area contributed by atoms with Gasteiger partial charge in [-0.05, 0) is 43.5 Å². The summed E-state index contributed by atoms with van der Waals surface area (Å²) >= 11 is 0. The van der Waals surface area contributed by atoms with Gasteiger partial charge in [0.25, 0.3) is 0 Å². The van der Waals surface area contributed by atoms with Gasteiger partial charge < -0.3 is 0 Å². The van der Waals surface area contributed by atoms with Crippen LogP contribution in [0.1, 0.15) is 25.3 Å². The van der Waals surface area contributed by atoms with Crippen LogP contribution in [0.2, 0.25) is 0 Å². The fourth-order valence-electron chi connectivity index (χ4n) is 2.90. The van der Waals surface area contributed by atoms with Crippen LogP contribution in [0.5, 0.6) is 0 Å². The Morgan fingerprint density at radius 2 is 1.95 bits per heavy atom. The molecule has 4 rings (SSSR count). The van der Waals surface area contributed by atoms with Crippen LogP contribution in [-0.2, 0) is 6.54 Å². The second-order valence-electron chi connectivity index (χ2n) is 5.71. The highest BCUT2D eigenvalue weighted by molar-refractivity contribution is 5.69. The van der Waals surface area contributed by atoms with Crippen molar-refractivity contribution in [3.8, 4) is 0 Å². The molecule has 1 saturated carbocycles. The van der Waals surface area contributed by atoms with Crippen LogP contribution >= 0.6 is 0 Å². The Labute approximate surface area is 113 Å². The highest BCUT2D eigenvalue weighted by Gasteiger charge is 2.49. The summed E-state index contributed by atoms with van der Waals surface area (Å²) in [5.41, 5.74) is 4.21. The Morgan fingerprint density at radius 1 is 1.11 bits per heavy atom. The lowest BCUT2D eigenvalue weighted by molar-refractivity contribution is 0.617. The minimum atomic E-state index is 0.280. The smallest absolute Gasteiger partial charge is 0.0761 e. The zero-order valence-corrected chi connectivity index (χ0v) is 11.1. The van der Waals surface area contributed by atoms with Crippen molar-refractivity contribution in [1.29, 1.82) is 0 Å². The van der Waals surface area contributed by atoms with E-state index in [9.17, 15) is 0 Å². The molecule has 1 aromatic carbocycles. The van der Waals surface area contributed by atoms with Gasteiger partial charge in [-0.25, -0.2) is 0 Å². The van der Waals surface area contributed by atoms with Gasteiger partial charge in [0, 0.05) is 6.20 Å². The Balaban J connectivity index is 1.81. The zero-order valence-electron chi connectivity index (χ0n) is 11.1. The topological polar surface area (TPSA) is 19.4 Å². The van der Waals surface area contributed by atoms with Crippen molar-refractivity contribution in [2.45, 2.75) is 31.8 Å². The van der Waals surface area contributed by atoms with Crippen LogP contribution < -0.4 is 10.0 Å². The van der Waals surface area contributed by atoms with E-state index in [1.807, 2.05) is 18.5 Å². The fourth-order valence-corrected chi connectivity index (χ4v) is 2.90. The van der Waals surface area contributed by atoms with Gasteiger partial charge in [-0.1, -0.05) is 18.2 Å². The molecular weight excluding hydrogens is 234 g/mol. The van der Waals surface area contributed by atoms with Crippen molar-refractivity contribution in [3.63, 3.8) is 0 Å². The Kier molecular flexibility index (Phi) is 2.13. The molecule has 0 amide bonds. The van der Waals surface area contributed by atoms with E-state index in [0.717, 1.165) is 6.54 Å². The van der Waals surface area contributed by atoms with E-state index in [-0.39, 0.29) is 5.54 Å². The Morgan fingerprint density at radius 3 is 2.68 bits per heavy atom. The van der Waals surface area contributed by atoms with Crippen molar-refractivity contribution in [2.24, 2.45) is 0 Å². The fraction of sp³-hybridized carbons (Fsp3) is 0.312. The number of anilines is 2. The second-order valence-corrected chi connectivity index (χ2v) is 5.71. The van der Waals surface area contributed by atoms with Gasteiger partial charge in [-0.15, -0.1) is 0 Å². The number of hydrazine groups is 1. The van der Waals surface area contributed by atoms with Gasteiger partial charge in [0.05, 0.1) is 29.7 Å². The van der Waals surface area contributed by atoms with E-state index in [0.29, 0.717) is 0 Å². The summed E-state index contributed by atoms with van der Waals surface area (Å²) < 4.78 is 0. The lowest BCUT2D eigenvalue weighted by atomic mass is 10.2. The van der Waals surface area contributed by atoms with E-state index in [1.165, 1.54) is 29.8 Å². The van der Waals surface area contributed by atoms with Crippen molar-refractivity contribution in [2.75, 3.05) is 10.0 Å². The maximum Gasteiger partial charge on any atom is 0.0761 e. The average molecular weight is 251 g/mol. The van der Waals surface area contributed by atoms with Gasteiger partial charge in [-0.2, -0.15) is 0 Å². The van der Waals surface area contributed by atoms with Crippen LogP contribution in [0.3, 0.4) is 0 Å². The molecule has 19 heavy (non-hydrogen) atoms. The molecule has 3 heteroatoms. The summed E-state index contributed by atoms with van der Waals surface area (Å²) in [6.45, 7) is 3.29. The minimum absolute atomic E-state index is 0.280. The molecule has 2 heterocycles. The first-order chi connectivity index (χ1) is 9.28. The average Bonchev–Trinajstić information content (AvgIpc) is 3.06. The first-order valence-electron chi connectivity index (χ1n) is 6.84. The lowest BCUT2D eigenvalue weighted by Gasteiger charge is -2.37. The number of para-hydroxylation sites is 1. The molecule has 0 spiro atoms. The summed E-state index contributed by atoms with van der Waals surface area (Å²) in [6.07, 6.45) is 6.30. The first-order valence-corrected chi connectivity index (χ1v) is 6.84. The van der Waals surface area contributed by atoms with Crippen molar-refractivity contribution >= 4 is 11.4 Å². The molecule has 0 radical (unpaired) electrons. The molecule has 1 aliphatic heterocycles. The third-order valence-corrected chi connectivity index (χ3v) is 4.21. The predicted octanol–water partition coefficient (Wildman–Crippen LogP) is 3.38. The molecule has 3 nitrogen and oxygen atoms in total. The summed E-state index contributed by atoms with van der Waals surface area (Å²) in [5, 5.41) is 4.84. The van der Waals surface area contributed by atoms with Gasteiger partial charge in [0.15, 0.2) is 0 Å². The summed E-state index contributed by atoms with van der Waals surface area (Å²) in [4.78, 5) is 4.26. The Hall–Kier alpha value is -2.03. The number of aromatic nitrogens is 1. The standard InChI is InChI=1S/C16H17N3/c1-16(8-9-16)19-15-7-3-2-5-13(15)12-18(19)14-6-4-10-17-11-14/h2-7,10-11H,8-9,12H2,1H3. The van der Waals surface area contributed by atoms with Gasteiger partial charge in [0.2, 0.25) is 0 Å². The summed E-state index contributed by atoms with van der Waals surface area (Å²) in [5.74, 6) is 0. The zero-order chi connectivity index (χ0) is 12.9. The highest BCUT2D eigenvalue weighted by Crippen LogP contribution is 2.49.